The topological polar surface area (TPSA) is 124 Å². The van der Waals surface area contributed by atoms with E-state index in [2.05, 4.69) is 20.4 Å². The van der Waals surface area contributed by atoms with Gasteiger partial charge in [0.15, 0.2) is 21.1 Å². The average Bonchev–Trinajstić information content (AvgIpc) is 2.92. The van der Waals surface area contributed by atoms with Crippen molar-refractivity contribution in [2.24, 2.45) is 0 Å². The molecule has 0 radical (unpaired) electrons. The van der Waals surface area contributed by atoms with E-state index in [0.717, 1.165) is 6.26 Å². The number of benzene rings is 1. The molecule has 0 bridgehead atoms. The zero-order valence-electron chi connectivity index (χ0n) is 11.9. The Morgan fingerprint density at radius 2 is 2.09 bits per heavy atom. The van der Waals surface area contributed by atoms with Crippen LogP contribution in [0.25, 0.3) is 11.2 Å². The predicted molar refractivity (Wildman–Crippen MR) is 85.0 cm³/mol. The van der Waals surface area contributed by atoms with E-state index >= 15 is 0 Å². The molecule has 2 heterocycles. The number of sulfone groups is 1. The fraction of sp³-hybridized carbons (Fsp3) is 0.154. The molecule has 0 saturated heterocycles. The summed E-state index contributed by atoms with van der Waals surface area (Å²) in [5.74, 6) is 0.657. The number of aromatic amines is 1. The Morgan fingerprint density at radius 3 is 2.78 bits per heavy atom. The van der Waals surface area contributed by atoms with Crippen LogP contribution in [0.5, 0.6) is 5.75 Å². The van der Waals surface area contributed by atoms with Gasteiger partial charge in [-0.15, -0.1) is 5.10 Å². The Labute approximate surface area is 136 Å². The number of anilines is 1. The summed E-state index contributed by atoms with van der Waals surface area (Å²) in [4.78, 5) is 4.16. The number of rotatable bonds is 4. The molecule has 0 saturated carbocycles. The van der Waals surface area contributed by atoms with Crippen molar-refractivity contribution < 1.29 is 13.2 Å². The molecule has 8 nitrogen and oxygen atoms in total. The fourth-order valence-corrected chi connectivity index (χ4v) is 2.91. The predicted octanol–water partition coefficient (Wildman–Crippen LogP) is 1.57. The summed E-state index contributed by atoms with van der Waals surface area (Å²) in [6, 6.07) is 6.00. The van der Waals surface area contributed by atoms with Crippen LogP contribution in [0.2, 0.25) is 5.02 Å². The van der Waals surface area contributed by atoms with Crippen LogP contribution < -0.4 is 10.5 Å². The number of nitrogens with zero attached hydrogens (tertiary/aromatic N) is 3. The van der Waals surface area contributed by atoms with E-state index in [9.17, 15) is 8.42 Å². The minimum atomic E-state index is -3.31. The van der Waals surface area contributed by atoms with Crippen molar-refractivity contribution >= 4 is 38.4 Å². The number of H-pyrrole nitrogens is 1. The highest BCUT2D eigenvalue weighted by Crippen LogP contribution is 2.26. The van der Waals surface area contributed by atoms with Crippen molar-refractivity contribution in [3.05, 3.63) is 34.9 Å². The number of ether oxygens (including phenoxy) is 1. The second-order valence-electron chi connectivity index (χ2n) is 4.86. The summed E-state index contributed by atoms with van der Waals surface area (Å²) in [5, 5.41) is 10.5. The number of hydrogen-bond donors (Lipinski definition) is 2. The zero-order valence-corrected chi connectivity index (χ0v) is 13.5. The van der Waals surface area contributed by atoms with E-state index < -0.39 is 9.84 Å². The van der Waals surface area contributed by atoms with Crippen molar-refractivity contribution in [1.82, 2.24) is 20.4 Å². The van der Waals surface area contributed by atoms with Crippen molar-refractivity contribution in [2.75, 3.05) is 12.0 Å². The molecule has 3 rings (SSSR count). The van der Waals surface area contributed by atoms with Crippen LogP contribution in [-0.4, -0.2) is 35.1 Å². The maximum Gasteiger partial charge on any atom is 0.207 e. The summed E-state index contributed by atoms with van der Waals surface area (Å²) in [5.41, 5.74) is 7.11. The lowest BCUT2D eigenvalue weighted by Crippen LogP contribution is -2.01. The second-order valence-corrected chi connectivity index (χ2v) is 7.28. The van der Waals surface area contributed by atoms with Crippen LogP contribution in [0.3, 0.4) is 0 Å². The van der Waals surface area contributed by atoms with Crippen LogP contribution in [0.4, 0.5) is 5.82 Å². The van der Waals surface area contributed by atoms with Gasteiger partial charge in [0.2, 0.25) is 5.65 Å². The van der Waals surface area contributed by atoms with E-state index in [1.54, 1.807) is 6.07 Å². The molecule has 0 spiro atoms. The highest BCUT2D eigenvalue weighted by atomic mass is 35.5. The molecule has 120 valence electrons. The van der Waals surface area contributed by atoms with E-state index in [0.29, 0.717) is 27.5 Å². The van der Waals surface area contributed by atoms with Gasteiger partial charge in [-0.2, -0.15) is 10.3 Å². The molecule has 23 heavy (non-hydrogen) atoms. The lowest BCUT2D eigenvalue weighted by Gasteiger charge is -2.09. The van der Waals surface area contributed by atoms with Crippen molar-refractivity contribution in [3.63, 3.8) is 0 Å². The first-order valence-electron chi connectivity index (χ1n) is 6.43. The first-order valence-corrected chi connectivity index (χ1v) is 8.70. The normalized spacial score (nSPS) is 11.7. The molecule has 3 N–H and O–H groups in total. The van der Waals surface area contributed by atoms with Gasteiger partial charge in [0.1, 0.15) is 12.4 Å². The first kappa shape index (κ1) is 15.5. The van der Waals surface area contributed by atoms with Crippen molar-refractivity contribution in [3.8, 4) is 5.75 Å². The third kappa shape index (κ3) is 3.20. The molecular formula is C13H12ClN5O3S. The monoisotopic (exact) mass is 353 g/mol. The second kappa shape index (κ2) is 5.67. The number of nitrogens with one attached hydrogen (secondary N) is 1. The summed E-state index contributed by atoms with van der Waals surface area (Å²) in [6.45, 7) is 0.119. The molecular weight excluding hydrogens is 342 g/mol. The smallest absolute Gasteiger partial charge is 0.207 e. The quantitative estimate of drug-likeness (QED) is 0.729. The molecule has 1 aromatic carbocycles. The lowest BCUT2D eigenvalue weighted by atomic mass is 10.2. The third-order valence-corrected chi connectivity index (χ3v) is 4.57. The van der Waals surface area contributed by atoms with Crippen molar-refractivity contribution in [1.29, 1.82) is 0 Å². The maximum absolute atomic E-state index is 11.5. The first-order chi connectivity index (χ1) is 10.8. The molecule has 0 fully saturated rings. The van der Waals surface area contributed by atoms with Gasteiger partial charge in [-0.25, -0.2) is 13.4 Å². The third-order valence-electron chi connectivity index (χ3n) is 3.11. The summed E-state index contributed by atoms with van der Waals surface area (Å²) >= 11 is 6.11. The van der Waals surface area contributed by atoms with Crippen LogP contribution in [0, 0.1) is 0 Å². The fourth-order valence-electron chi connectivity index (χ4n) is 1.97. The Morgan fingerprint density at radius 1 is 1.30 bits per heavy atom. The summed E-state index contributed by atoms with van der Waals surface area (Å²) < 4.78 is 28.7. The highest BCUT2D eigenvalue weighted by Gasteiger charge is 2.13. The van der Waals surface area contributed by atoms with Gasteiger partial charge in [0, 0.05) is 22.9 Å². The number of hydrogen-bond acceptors (Lipinski definition) is 7. The molecule has 0 aliphatic heterocycles. The van der Waals surface area contributed by atoms with Gasteiger partial charge in [0.25, 0.3) is 0 Å². The minimum absolute atomic E-state index is 0.119. The maximum atomic E-state index is 11.5. The molecule has 2 aromatic heterocycles. The number of pyridine rings is 1. The average molecular weight is 354 g/mol. The van der Waals surface area contributed by atoms with Crippen LogP contribution in [0.15, 0.2) is 29.2 Å². The number of nitrogen functional groups attached to an aromatic ring is 1. The summed E-state index contributed by atoms with van der Waals surface area (Å²) in [7, 11) is -3.31. The van der Waals surface area contributed by atoms with Gasteiger partial charge in [-0.3, -0.25) is 0 Å². The van der Waals surface area contributed by atoms with E-state index in [1.807, 2.05) is 0 Å². The zero-order chi connectivity index (χ0) is 16.6. The van der Waals surface area contributed by atoms with Crippen LogP contribution >= 0.6 is 11.6 Å². The number of aromatic nitrogens is 4. The van der Waals surface area contributed by atoms with E-state index in [1.165, 1.54) is 18.2 Å². The van der Waals surface area contributed by atoms with Gasteiger partial charge in [-0.1, -0.05) is 17.7 Å². The standard InChI is InChI=1S/C13H12ClN5O3S/c1-23(20,21)8-3-2-7(9(14)4-8)6-22-10-5-11(15)16-13-12(10)17-19-18-13/h2-5H,6H2,1H3,(H3,15,16,17,18,19). The van der Waals surface area contributed by atoms with Gasteiger partial charge < -0.3 is 10.5 Å². The minimum Gasteiger partial charge on any atom is -0.486 e. The number of fused-ring (bicyclic) bond motifs is 1. The molecule has 0 aliphatic rings. The largest absolute Gasteiger partial charge is 0.486 e. The molecule has 10 heteroatoms. The van der Waals surface area contributed by atoms with Gasteiger partial charge in [-0.05, 0) is 12.1 Å². The Hall–Kier alpha value is -2.39. The molecule has 0 aliphatic carbocycles. The molecule has 0 amide bonds. The molecule has 0 unspecified atom stereocenters. The van der Waals surface area contributed by atoms with E-state index in [4.69, 9.17) is 22.1 Å². The Bertz CT molecular complexity index is 986. The van der Waals surface area contributed by atoms with Gasteiger partial charge >= 0.3 is 0 Å². The van der Waals surface area contributed by atoms with Gasteiger partial charge in [0.05, 0.1) is 4.90 Å². The number of nitrogens with two attached hydrogens (primary N) is 1. The van der Waals surface area contributed by atoms with Crippen LogP contribution in [0.1, 0.15) is 5.56 Å². The SMILES string of the molecule is CS(=O)(=O)c1ccc(COc2cc(N)nc3n[nH]nc23)c(Cl)c1. The lowest BCUT2D eigenvalue weighted by molar-refractivity contribution is 0.309. The van der Waals surface area contributed by atoms with Crippen molar-refractivity contribution in [2.45, 2.75) is 11.5 Å². The Kier molecular flexibility index (Phi) is 3.82. The van der Waals surface area contributed by atoms with E-state index in [-0.39, 0.29) is 17.3 Å². The molecule has 3 aromatic rings. The Balaban J connectivity index is 1.87. The van der Waals surface area contributed by atoms with Crippen LogP contribution in [-0.2, 0) is 16.4 Å². The molecule has 0 atom stereocenters. The summed E-state index contributed by atoms with van der Waals surface area (Å²) in [6.07, 6.45) is 1.12. The highest BCUT2D eigenvalue weighted by molar-refractivity contribution is 7.90. The number of halogens is 1.